The van der Waals surface area contributed by atoms with Gasteiger partial charge in [0.25, 0.3) is 0 Å². The summed E-state index contributed by atoms with van der Waals surface area (Å²) >= 11 is 0. The van der Waals surface area contributed by atoms with Gasteiger partial charge in [0, 0.05) is 23.6 Å². The van der Waals surface area contributed by atoms with Crippen LogP contribution in [0, 0.1) is 6.92 Å². The molecule has 2 heterocycles. The van der Waals surface area contributed by atoms with Crippen molar-refractivity contribution in [2.75, 3.05) is 6.54 Å². The fourth-order valence-electron chi connectivity index (χ4n) is 2.61. The van der Waals surface area contributed by atoms with Crippen LogP contribution in [0.4, 0.5) is 0 Å². The summed E-state index contributed by atoms with van der Waals surface area (Å²) in [7, 11) is 0. The van der Waals surface area contributed by atoms with Crippen LogP contribution in [0.15, 0.2) is 36.7 Å². The topological polar surface area (TPSA) is 19.0 Å². The van der Waals surface area contributed by atoms with Gasteiger partial charge in [0.1, 0.15) is 0 Å². The molecule has 1 aromatic heterocycles. The average molecular weight is 226 g/mol. The normalized spacial score (nSPS) is 16.9. The summed E-state index contributed by atoms with van der Waals surface area (Å²) in [6.07, 6.45) is 7.79. The largest absolute Gasteiger partial charge is 0.371 e. The van der Waals surface area contributed by atoms with E-state index in [1.54, 1.807) is 0 Å². The van der Waals surface area contributed by atoms with Gasteiger partial charge in [0.2, 0.25) is 0 Å². The number of nitrogens with one attached hydrogen (secondary N) is 1. The number of hydrogen-bond donors (Lipinski definition) is 1. The van der Waals surface area contributed by atoms with Gasteiger partial charge in [0.05, 0.1) is 6.04 Å². The minimum atomic E-state index is 0.448. The van der Waals surface area contributed by atoms with Gasteiger partial charge in [-0.1, -0.05) is 17.7 Å². The third-order valence-electron chi connectivity index (χ3n) is 3.67. The van der Waals surface area contributed by atoms with E-state index in [4.69, 9.17) is 0 Å². The second-order valence-corrected chi connectivity index (χ2v) is 4.88. The molecule has 2 aromatic rings. The maximum atomic E-state index is 3.37. The number of aryl methyl sites for hydroxylation is 1. The summed E-state index contributed by atoms with van der Waals surface area (Å²) in [5.41, 5.74) is 3.96. The summed E-state index contributed by atoms with van der Waals surface area (Å²) in [5.74, 6) is 0. The molecule has 3 rings (SSSR count). The van der Waals surface area contributed by atoms with Crippen LogP contribution in [0.2, 0.25) is 0 Å². The Kier molecular flexibility index (Phi) is 2.43. The van der Waals surface area contributed by atoms with Gasteiger partial charge in [-0.2, -0.15) is 0 Å². The number of rotatable bonds is 2. The maximum absolute atomic E-state index is 3.37. The van der Waals surface area contributed by atoms with Crippen LogP contribution >= 0.6 is 0 Å². The molecule has 2 heteroatoms. The minimum absolute atomic E-state index is 0.448. The Hall–Kier alpha value is -1.70. The highest BCUT2D eigenvalue weighted by Gasteiger charge is 2.17. The molecule has 0 saturated carbocycles. The van der Waals surface area contributed by atoms with Gasteiger partial charge in [-0.05, 0) is 44.2 Å². The van der Waals surface area contributed by atoms with E-state index >= 15 is 0 Å². The average Bonchev–Trinajstić information content (AvgIpc) is 2.97. The lowest BCUT2D eigenvalue weighted by Gasteiger charge is -2.24. The Balaban J connectivity index is 2.04. The van der Waals surface area contributed by atoms with Crippen molar-refractivity contribution in [2.24, 2.45) is 0 Å². The molecule has 1 aliphatic heterocycles. The predicted octanol–water partition coefficient (Wildman–Crippen LogP) is 3.76. The van der Waals surface area contributed by atoms with E-state index in [0.29, 0.717) is 6.04 Å². The van der Waals surface area contributed by atoms with E-state index in [9.17, 15) is 0 Å². The number of benzene rings is 1. The molecule has 0 aliphatic carbocycles. The van der Waals surface area contributed by atoms with Crippen LogP contribution in [0.25, 0.3) is 10.9 Å². The molecule has 0 radical (unpaired) electrons. The maximum Gasteiger partial charge on any atom is 0.0529 e. The Bertz CT molecular complexity index is 565. The molecule has 1 unspecified atom stereocenters. The van der Waals surface area contributed by atoms with Crippen molar-refractivity contribution >= 4 is 10.9 Å². The van der Waals surface area contributed by atoms with E-state index < -0.39 is 0 Å². The zero-order valence-corrected chi connectivity index (χ0v) is 10.4. The van der Waals surface area contributed by atoms with Gasteiger partial charge in [-0.25, -0.2) is 0 Å². The van der Waals surface area contributed by atoms with E-state index in [1.165, 1.54) is 28.5 Å². The first-order valence-electron chi connectivity index (χ1n) is 6.26. The quantitative estimate of drug-likeness (QED) is 0.826. The van der Waals surface area contributed by atoms with Crippen molar-refractivity contribution in [1.82, 2.24) is 9.88 Å². The molecule has 0 bridgehead atoms. The van der Waals surface area contributed by atoms with E-state index in [1.807, 2.05) is 0 Å². The molecule has 1 aromatic carbocycles. The first kappa shape index (κ1) is 10.5. The molecule has 1 aliphatic rings. The minimum Gasteiger partial charge on any atom is -0.371 e. The molecule has 2 nitrogen and oxygen atoms in total. The number of nitrogens with zero attached hydrogens (tertiary/aromatic N) is 1. The monoisotopic (exact) mass is 226 g/mol. The highest BCUT2D eigenvalue weighted by atomic mass is 15.1. The number of aromatic nitrogens is 1. The Morgan fingerprint density at radius 1 is 1.35 bits per heavy atom. The summed E-state index contributed by atoms with van der Waals surface area (Å²) in [4.78, 5) is 5.78. The van der Waals surface area contributed by atoms with Gasteiger partial charge < -0.3 is 9.88 Å². The molecule has 88 valence electrons. The molecule has 0 saturated heterocycles. The van der Waals surface area contributed by atoms with E-state index in [2.05, 4.69) is 60.4 Å². The number of hydrogen-bond acceptors (Lipinski definition) is 1. The Morgan fingerprint density at radius 3 is 3.00 bits per heavy atom. The highest BCUT2D eigenvalue weighted by Crippen LogP contribution is 2.30. The number of H-pyrrole nitrogens is 1. The third kappa shape index (κ3) is 1.74. The SMILES string of the molecule is Cc1ccc2[nH]cc(C(C)N3C=CCC3)c2c1. The molecular weight excluding hydrogens is 208 g/mol. The van der Waals surface area contributed by atoms with Gasteiger partial charge in [-0.3, -0.25) is 0 Å². The molecule has 1 N–H and O–H groups in total. The molecule has 17 heavy (non-hydrogen) atoms. The van der Waals surface area contributed by atoms with Crippen molar-refractivity contribution in [3.8, 4) is 0 Å². The molecule has 0 fully saturated rings. The van der Waals surface area contributed by atoms with Gasteiger partial charge >= 0.3 is 0 Å². The first-order valence-corrected chi connectivity index (χ1v) is 6.26. The molecular formula is C15H18N2. The number of fused-ring (bicyclic) bond motifs is 1. The van der Waals surface area contributed by atoms with Crippen LogP contribution in [0.3, 0.4) is 0 Å². The smallest absolute Gasteiger partial charge is 0.0529 e. The summed E-state index contributed by atoms with van der Waals surface area (Å²) < 4.78 is 0. The standard InChI is InChI=1S/C15H18N2/c1-11-5-6-15-13(9-11)14(10-16-15)12(2)17-7-3-4-8-17/h3,5-7,9-10,12,16H,4,8H2,1-2H3. The lowest BCUT2D eigenvalue weighted by molar-refractivity contribution is 0.324. The zero-order chi connectivity index (χ0) is 11.8. The summed E-state index contributed by atoms with van der Waals surface area (Å²) in [6, 6.07) is 7.05. The van der Waals surface area contributed by atoms with Crippen LogP contribution < -0.4 is 0 Å². The lowest BCUT2D eigenvalue weighted by atomic mass is 10.0. The second kappa shape index (κ2) is 3.95. The summed E-state index contributed by atoms with van der Waals surface area (Å²) in [5, 5.41) is 1.36. The Morgan fingerprint density at radius 2 is 2.24 bits per heavy atom. The van der Waals surface area contributed by atoms with Gasteiger partial charge in [-0.15, -0.1) is 0 Å². The third-order valence-corrected chi connectivity index (χ3v) is 3.67. The first-order chi connectivity index (χ1) is 8.25. The van der Waals surface area contributed by atoms with Crippen molar-refractivity contribution < 1.29 is 0 Å². The molecule has 0 amide bonds. The van der Waals surface area contributed by atoms with E-state index in [-0.39, 0.29) is 0 Å². The van der Waals surface area contributed by atoms with Crippen molar-refractivity contribution in [2.45, 2.75) is 26.3 Å². The highest BCUT2D eigenvalue weighted by molar-refractivity contribution is 5.84. The fourth-order valence-corrected chi connectivity index (χ4v) is 2.61. The van der Waals surface area contributed by atoms with Gasteiger partial charge in [0.15, 0.2) is 0 Å². The second-order valence-electron chi connectivity index (χ2n) is 4.88. The lowest BCUT2D eigenvalue weighted by Crippen LogP contribution is -2.18. The molecule has 0 spiro atoms. The fraction of sp³-hybridized carbons (Fsp3) is 0.333. The van der Waals surface area contributed by atoms with Crippen LogP contribution in [0.1, 0.15) is 30.5 Å². The van der Waals surface area contributed by atoms with Crippen LogP contribution in [-0.4, -0.2) is 16.4 Å². The predicted molar refractivity (Wildman–Crippen MR) is 71.9 cm³/mol. The van der Waals surface area contributed by atoms with Crippen LogP contribution in [0.5, 0.6) is 0 Å². The van der Waals surface area contributed by atoms with Crippen LogP contribution in [-0.2, 0) is 0 Å². The molecule has 1 atom stereocenters. The number of aromatic amines is 1. The van der Waals surface area contributed by atoms with E-state index in [0.717, 1.165) is 6.54 Å². The van der Waals surface area contributed by atoms with Crippen molar-refractivity contribution in [3.63, 3.8) is 0 Å². The van der Waals surface area contributed by atoms with Crippen molar-refractivity contribution in [3.05, 3.63) is 47.8 Å². The Labute approximate surface area is 102 Å². The zero-order valence-electron chi connectivity index (χ0n) is 10.4. The van der Waals surface area contributed by atoms with Crippen molar-refractivity contribution in [1.29, 1.82) is 0 Å². The summed E-state index contributed by atoms with van der Waals surface area (Å²) in [6.45, 7) is 5.57.